The molecular formula is C25H22FN5O2S. The number of carbonyl (C=O) groups is 1. The first-order chi connectivity index (χ1) is 16.5. The number of aromatic nitrogens is 3. The summed E-state index contributed by atoms with van der Waals surface area (Å²) in [4.78, 5) is 12.3. The summed E-state index contributed by atoms with van der Waals surface area (Å²) in [6, 6.07) is 21.7. The molecule has 1 amide bonds. The Morgan fingerprint density at radius 1 is 1.09 bits per heavy atom. The largest absolute Gasteiger partial charge is 0.497 e. The number of thioether (sulfide) groups is 1. The lowest BCUT2D eigenvalue weighted by molar-refractivity contribution is -0.118. The second kappa shape index (κ2) is 10.8. The van der Waals surface area contributed by atoms with Crippen molar-refractivity contribution < 1.29 is 13.9 Å². The number of nitrogens with one attached hydrogen (secondary N) is 1. The quantitative estimate of drug-likeness (QED) is 0.228. The number of nitrogens with zero attached hydrogens (tertiary/aromatic N) is 4. The molecule has 9 heteroatoms. The van der Waals surface area contributed by atoms with E-state index < -0.39 is 5.82 Å². The average Bonchev–Trinajstić information content (AvgIpc) is 3.28. The Kier molecular flexibility index (Phi) is 7.34. The fraction of sp³-hybridized carbons (Fsp3) is 0.120. The number of ether oxygens (including phenoxy) is 1. The van der Waals surface area contributed by atoms with Gasteiger partial charge in [0.2, 0.25) is 0 Å². The minimum Gasteiger partial charge on any atom is -0.497 e. The summed E-state index contributed by atoms with van der Waals surface area (Å²) >= 11 is 1.23. The number of hydrogen-bond donors (Lipinski definition) is 1. The first-order valence-electron chi connectivity index (χ1n) is 10.4. The minimum absolute atomic E-state index is 0.0524. The van der Waals surface area contributed by atoms with Gasteiger partial charge in [0.1, 0.15) is 11.6 Å². The van der Waals surface area contributed by atoms with Gasteiger partial charge >= 0.3 is 0 Å². The lowest BCUT2D eigenvalue weighted by atomic mass is 10.1. The van der Waals surface area contributed by atoms with E-state index >= 15 is 0 Å². The molecule has 0 saturated heterocycles. The number of benzene rings is 3. The number of aryl methyl sites for hydroxylation is 1. The molecule has 34 heavy (non-hydrogen) atoms. The van der Waals surface area contributed by atoms with Gasteiger partial charge < -0.3 is 4.74 Å². The number of halogens is 1. The Bertz CT molecular complexity index is 1300. The molecule has 1 heterocycles. The van der Waals surface area contributed by atoms with Gasteiger partial charge in [-0.3, -0.25) is 9.36 Å². The van der Waals surface area contributed by atoms with E-state index in [0.717, 1.165) is 22.6 Å². The fourth-order valence-corrected chi connectivity index (χ4v) is 3.88. The first-order valence-corrected chi connectivity index (χ1v) is 11.4. The van der Waals surface area contributed by atoms with E-state index in [2.05, 4.69) is 20.7 Å². The van der Waals surface area contributed by atoms with Crippen LogP contribution in [-0.4, -0.2) is 39.7 Å². The van der Waals surface area contributed by atoms with Crippen molar-refractivity contribution >= 4 is 23.9 Å². The summed E-state index contributed by atoms with van der Waals surface area (Å²) < 4.78 is 20.8. The average molecular weight is 476 g/mol. The molecule has 172 valence electrons. The Labute approximate surface area is 200 Å². The van der Waals surface area contributed by atoms with E-state index in [9.17, 15) is 9.18 Å². The van der Waals surface area contributed by atoms with Gasteiger partial charge in [-0.05, 0) is 37.3 Å². The van der Waals surface area contributed by atoms with Crippen LogP contribution in [0.1, 0.15) is 11.1 Å². The van der Waals surface area contributed by atoms with Gasteiger partial charge in [0.05, 0.1) is 19.1 Å². The van der Waals surface area contributed by atoms with Crippen molar-refractivity contribution in [3.05, 3.63) is 89.7 Å². The molecule has 0 unspecified atom stereocenters. The van der Waals surface area contributed by atoms with Gasteiger partial charge in [0, 0.05) is 16.8 Å². The van der Waals surface area contributed by atoms with Crippen LogP contribution in [0.3, 0.4) is 0 Å². The number of amides is 1. The van der Waals surface area contributed by atoms with Crippen LogP contribution in [0.4, 0.5) is 4.39 Å². The number of hydrazone groups is 1. The van der Waals surface area contributed by atoms with Gasteiger partial charge in [-0.15, -0.1) is 10.2 Å². The zero-order valence-corrected chi connectivity index (χ0v) is 19.4. The molecule has 3 aromatic carbocycles. The molecule has 0 bridgehead atoms. The van der Waals surface area contributed by atoms with Crippen LogP contribution < -0.4 is 10.2 Å². The zero-order chi connectivity index (χ0) is 23.9. The van der Waals surface area contributed by atoms with E-state index in [1.54, 1.807) is 25.3 Å². The van der Waals surface area contributed by atoms with Crippen molar-refractivity contribution in [1.29, 1.82) is 0 Å². The highest BCUT2D eigenvalue weighted by Gasteiger charge is 2.17. The second-order valence-electron chi connectivity index (χ2n) is 7.31. The van der Waals surface area contributed by atoms with Crippen LogP contribution in [0.15, 0.2) is 83.1 Å². The Hall–Kier alpha value is -3.98. The topological polar surface area (TPSA) is 81.4 Å². The monoisotopic (exact) mass is 475 g/mol. The fourth-order valence-electron chi connectivity index (χ4n) is 3.13. The molecule has 0 aliphatic rings. The predicted octanol–water partition coefficient (Wildman–Crippen LogP) is 4.63. The van der Waals surface area contributed by atoms with Crippen molar-refractivity contribution in [2.24, 2.45) is 5.10 Å². The minimum atomic E-state index is -0.411. The number of carbonyl (C=O) groups excluding carboxylic acids is 1. The SMILES string of the molecule is COc1ccc(-n2c(SCC(=O)NN=Cc3ccccc3F)nnc2-c2ccc(C)cc2)cc1. The molecule has 0 radical (unpaired) electrons. The Balaban J connectivity index is 1.53. The molecular weight excluding hydrogens is 453 g/mol. The lowest BCUT2D eigenvalue weighted by Gasteiger charge is -2.11. The van der Waals surface area contributed by atoms with Gasteiger partial charge in [-0.1, -0.05) is 59.8 Å². The van der Waals surface area contributed by atoms with Gasteiger partial charge in [-0.25, -0.2) is 9.82 Å². The third-order valence-corrected chi connectivity index (χ3v) is 5.83. The Morgan fingerprint density at radius 3 is 2.53 bits per heavy atom. The molecule has 0 aliphatic heterocycles. The van der Waals surface area contributed by atoms with Crippen molar-refractivity contribution in [2.75, 3.05) is 12.9 Å². The molecule has 0 atom stereocenters. The van der Waals surface area contributed by atoms with Crippen LogP contribution in [-0.2, 0) is 4.79 Å². The van der Waals surface area contributed by atoms with Crippen molar-refractivity contribution in [3.8, 4) is 22.8 Å². The summed E-state index contributed by atoms with van der Waals surface area (Å²) in [5, 5.41) is 13.1. The molecule has 0 fully saturated rings. The van der Waals surface area contributed by atoms with E-state index in [1.165, 1.54) is 24.0 Å². The maximum Gasteiger partial charge on any atom is 0.250 e. The van der Waals surface area contributed by atoms with Gasteiger partial charge in [0.15, 0.2) is 11.0 Å². The molecule has 0 spiro atoms. The van der Waals surface area contributed by atoms with Crippen LogP contribution in [0.25, 0.3) is 17.1 Å². The lowest BCUT2D eigenvalue weighted by Crippen LogP contribution is -2.20. The molecule has 0 aliphatic carbocycles. The number of methoxy groups -OCH3 is 1. The molecule has 1 N–H and O–H groups in total. The van der Waals surface area contributed by atoms with E-state index in [-0.39, 0.29) is 17.2 Å². The van der Waals surface area contributed by atoms with Gasteiger partial charge in [0.25, 0.3) is 5.91 Å². The smallest absolute Gasteiger partial charge is 0.250 e. The molecule has 0 saturated carbocycles. The van der Waals surface area contributed by atoms with Gasteiger partial charge in [-0.2, -0.15) is 5.10 Å². The van der Waals surface area contributed by atoms with Crippen molar-refractivity contribution in [3.63, 3.8) is 0 Å². The van der Waals surface area contributed by atoms with E-state index in [1.807, 2.05) is 60.0 Å². The summed E-state index contributed by atoms with van der Waals surface area (Å²) in [5.41, 5.74) is 5.58. The van der Waals surface area contributed by atoms with Crippen LogP contribution >= 0.6 is 11.8 Å². The third kappa shape index (κ3) is 5.49. The normalized spacial score (nSPS) is 11.0. The van der Waals surface area contributed by atoms with E-state index in [0.29, 0.717) is 11.0 Å². The summed E-state index contributed by atoms with van der Waals surface area (Å²) in [5.74, 6) is 0.682. The summed E-state index contributed by atoms with van der Waals surface area (Å²) in [7, 11) is 1.61. The molecule has 7 nitrogen and oxygen atoms in total. The maximum absolute atomic E-state index is 13.7. The molecule has 4 aromatic rings. The first kappa shape index (κ1) is 23.2. The second-order valence-corrected chi connectivity index (χ2v) is 8.25. The molecule has 4 rings (SSSR count). The molecule has 1 aromatic heterocycles. The maximum atomic E-state index is 13.7. The van der Waals surface area contributed by atoms with Crippen LogP contribution in [0.2, 0.25) is 0 Å². The summed E-state index contributed by atoms with van der Waals surface area (Å²) in [6.45, 7) is 2.02. The van der Waals surface area contributed by atoms with E-state index in [4.69, 9.17) is 4.74 Å². The zero-order valence-electron chi connectivity index (χ0n) is 18.6. The highest BCUT2D eigenvalue weighted by atomic mass is 32.2. The predicted molar refractivity (Wildman–Crippen MR) is 131 cm³/mol. The number of rotatable bonds is 8. The number of hydrogen-bond acceptors (Lipinski definition) is 6. The van der Waals surface area contributed by atoms with Crippen LogP contribution in [0, 0.1) is 12.7 Å². The standard InChI is InChI=1S/C25H22FN5O2S/c1-17-7-9-18(10-8-17)24-29-30-25(31(24)20-11-13-21(33-2)14-12-20)34-16-23(32)28-27-15-19-5-3-4-6-22(19)26/h3-15H,16H2,1-2H3,(H,28,32). The van der Waals surface area contributed by atoms with Crippen molar-refractivity contribution in [2.45, 2.75) is 12.1 Å². The van der Waals surface area contributed by atoms with Crippen molar-refractivity contribution in [1.82, 2.24) is 20.2 Å². The highest BCUT2D eigenvalue weighted by molar-refractivity contribution is 7.99. The third-order valence-electron chi connectivity index (χ3n) is 4.90. The van der Waals surface area contributed by atoms with Crippen LogP contribution in [0.5, 0.6) is 5.75 Å². The Morgan fingerprint density at radius 2 is 1.82 bits per heavy atom. The summed E-state index contributed by atoms with van der Waals surface area (Å²) in [6.07, 6.45) is 1.27. The highest BCUT2D eigenvalue weighted by Crippen LogP contribution is 2.29.